The van der Waals surface area contributed by atoms with E-state index in [-0.39, 0.29) is 0 Å². The van der Waals surface area contributed by atoms with Crippen molar-refractivity contribution >= 4 is 0 Å². The normalized spacial score (nSPS) is 24.6. The number of nitrogens with zero attached hydrogens (tertiary/aromatic N) is 2. The minimum absolute atomic E-state index is 0.579. The van der Waals surface area contributed by atoms with Crippen molar-refractivity contribution in [2.75, 3.05) is 13.2 Å². The van der Waals surface area contributed by atoms with Crippen LogP contribution < -0.4 is 10.5 Å². The number of nitrogens with two attached hydrogens (primary N) is 1. The fourth-order valence-electron chi connectivity index (χ4n) is 2.54. The van der Waals surface area contributed by atoms with Gasteiger partial charge in [0.2, 0.25) is 5.88 Å². The molecule has 1 aromatic heterocycles. The van der Waals surface area contributed by atoms with Crippen LogP contribution in [0.2, 0.25) is 0 Å². The lowest BCUT2D eigenvalue weighted by molar-refractivity contribution is 0.148. The summed E-state index contributed by atoms with van der Waals surface area (Å²) in [6.45, 7) is 3.42. The third kappa shape index (κ3) is 3.16. The minimum Gasteiger partial charge on any atom is -0.476 e. The first-order valence-corrected chi connectivity index (χ1v) is 6.41. The predicted octanol–water partition coefficient (Wildman–Crippen LogP) is 1.93. The minimum atomic E-state index is 0.579. The van der Waals surface area contributed by atoms with Gasteiger partial charge in [0.1, 0.15) is 0 Å². The lowest BCUT2D eigenvalue weighted by atomic mass is 9.80. The van der Waals surface area contributed by atoms with E-state index in [9.17, 15) is 0 Å². The SMILES string of the molecule is Cc1nccnc1OCC1CCCCC1CN. The highest BCUT2D eigenvalue weighted by Gasteiger charge is 2.24. The quantitative estimate of drug-likeness (QED) is 0.866. The third-order valence-electron chi connectivity index (χ3n) is 3.64. The molecule has 0 bridgehead atoms. The number of aromatic nitrogens is 2. The molecule has 0 aliphatic heterocycles. The number of hydrogen-bond donors (Lipinski definition) is 1. The Balaban J connectivity index is 1.90. The van der Waals surface area contributed by atoms with Gasteiger partial charge in [0.25, 0.3) is 0 Å². The van der Waals surface area contributed by atoms with Crippen LogP contribution in [0, 0.1) is 18.8 Å². The summed E-state index contributed by atoms with van der Waals surface area (Å²) in [5, 5.41) is 0. The molecule has 1 fully saturated rings. The van der Waals surface area contributed by atoms with Crippen LogP contribution in [0.15, 0.2) is 12.4 Å². The Morgan fingerprint density at radius 3 is 2.65 bits per heavy atom. The van der Waals surface area contributed by atoms with Crippen molar-refractivity contribution in [3.8, 4) is 5.88 Å². The van der Waals surface area contributed by atoms with E-state index in [4.69, 9.17) is 10.5 Å². The van der Waals surface area contributed by atoms with Crippen LogP contribution in [-0.4, -0.2) is 23.1 Å². The lowest BCUT2D eigenvalue weighted by Crippen LogP contribution is -2.31. The topological polar surface area (TPSA) is 61.0 Å². The van der Waals surface area contributed by atoms with Crippen molar-refractivity contribution in [1.82, 2.24) is 9.97 Å². The maximum atomic E-state index is 5.81. The van der Waals surface area contributed by atoms with Gasteiger partial charge < -0.3 is 10.5 Å². The van der Waals surface area contributed by atoms with Crippen molar-refractivity contribution in [2.45, 2.75) is 32.6 Å². The van der Waals surface area contributed by atoms with Crippen LogP contribution in [0.25, 0.3) is 0 Å². The summed E-state index contributed by atoms with van der Waals surface area (Å²) in [4.78, 5) is 8.37. The predicted molar refractivity (Wildman–Crippen MR) is 66.8 cm³/mol. The summed E-state index contributed by atoms with van der Waals surface area (Å²) in [6, 6.07) is 0. The summed E-state index contributed by atoms with van der Waals surface area (Å²) in [5.41, 5.74) is 6.66. The van der Waals surface area contributed by atoms with Gasteiger partial charge in [-0.25, -0.2) is 4.98 Å². The summed E-state index contributed by atoms with van der Waals surface area (Å²) < 4.78 is 5.78. The second-order valence-corrected chi connectivity index (χ2v) is 4.80. The van der Waals surface area contributed by atoms with Crippen LogP contribution >= 0.6 is 0 Å². The molecule has 1 saturated carbocycles. The first-order chi connectivity index (χ1) is 8.31. The molecule has 0 spiro atoms. The van der Waals surface area contributed by atoms with Crippen molar-refractivity contribution in [2.24, 2.45) is 17.6 Å². The second kappa shape index (κ2) is 5.96. The first-order valence-electron chi connectivity index (χ1n) is 6.41. The Kier molecular flexibility index (Phi) is 4.31. The molecule has 2 unspecified atom stereocenters. The van der Waals surface area contributed by atoms with Gasteiger partial charge in [-0.1, -0.05) is 12.8 Å². The van der Waals surface area contributed by atoms with Gasteiger partial charge in [-0.05, 0) is 38.1 Å². The molecule has 1 heterocycles. The standard InChI is InChI=1S/C13H21N3O/c1-10-13(16-7-6-15-10)17-9-12-5-3-2-4-11(12)8-14/h6-7,11-12H,2-5,8-9,14H2,1H3. The largest absolute Gasteiger partial charge is 0.476 e. The molecule has 0 saturated heterocycles. The van der Waals surface area contributed by atoms with Gasteiger partial charge >= 0.3 is 0 Å². The maximum absolute atomic E-state index is 5.81. The molecule has 17 heavy (non-hydrogen) atoms. The molecular formula is C13H21N3O. The lowest BCUT2D eigenvalue weighted by Gasteiger charge is -2.30. The highest BCUT2D eigenvalue weighted by molar-refractivity contribution is 5.14. The van der Waals surface area contributed by atoms with Crippen molar-refractivity contribution < 1.29 is 4.74 Å². The summed E-state index contributed by atoms with van der Waals surface area (Å²) in [5.74, 6) is 1.85. The Morgan fingerprint density at radius 1 is 1.24 bits per heavy atom. The van der Waals surface area contributed by atoms with Crippen molar-refractivity contribution in [3.05, 3.63) is 18.1 Å². The second-order valence-electron chi connectivity index (χ2n) is 4.80. The van der Waals surface area contributed by atoms with E-state index in [0.29, 0.717) is 17.7 Å². The average Bonchev–Trinajstić information content (AvgIpc) is 2.38. The zero-order chi connectivity index (χ0) is 12.1. The van der Waals surface area contributed by atoms with Gasteiger partial charge in [0.05, 0.1) is 12.3 Å². The molecule has 2 N–H and O–H groups in total. The molecule has 2 rings (SSSR count). The van der Waals surface area contributed by atoms with Gasteiger partial charge in [-0.3, -0.25) is 4.98 Å². The molecule has 1 aliphatic carbocycles. The van der Waals surface area contributed by atoms with Crippen LogP contribution in [0.1, 0.15) is 31.4 Å². The molecule has 4 nitrogen and oxygen atoms in total. The van der Waals surface area contributed by atoms with Crippen LogP contribution in [0.4, 0.5) is 0 Å². The highest BCUT2D eigenvalue weighted by Crippen LogP contribution is 2.29. The van der Waals surface area contributed by atoms with E-state index in [0.717, 1.165) is 18.8 Å². The van der Waals surface area contributed by atoms with Crippen LogP contribution in [0.3, 0.4) is 0 Å². The molecule has 94 valence electrons. The summed E-state index contributed by atoms with van der Waals surface area (Å²) >= 11 is 0. The number of ether oxygens (including phenoxy) is 1. The van der Waals surface area contributed by atoms with E-state index in [1.165, 1.54) is 25.7 Å². The molecule has 0 amide bonds. The van der Waals surface area contributed by atoms with E-state index in [1.807, 2.05) is 6.92 Å². The van der Waals surface area contributed by atoms with Gasteiger partial charge in [-0.2, -0.15) is 0 Å². The zero-order valence-corrected chi connectivity index (χ0v) is 10.4. The van der Waals surface area contributed by atoms with Crippen LogP contribution in [0.5, 0.6) is 5.88 Å². The van der Waals surface area contributed by atoms with Crippen molar-refractivity contribution in [1.29, 1.82) is 0 Å². The highest BCUT2D eigenvalue weighted by atomic mass is 16.5. The first kappa shape index (κ1) is 12.3. The molecule has 2 atom stereocenters. The van der Waals surface area contributed by atoms with Gasteiger partial charge in [0.15, 0.2) is 0 Å². The fraction of sp³-hybridized carbons (Fsp3) is 0.692. The maximum Gasteiger partial charge on any atom is 0.235 e. The Morgan fingerprint density at radius 2 is 1.94 bits per heavy atom. The monoisotopic (exact) mass is 235 g/mol. The number of rotatable bonds is 4. The number of hydrogen-bond acceptors (Lipinski definition) is 4. The smallest absolute Gasteiger partial charge is 0.235 e. The Labute approximate surface area is 103 Å². The van der Waals surface area contributed by atoms with E-state index in [2.05, 4.69) is 9.97 Å². The third-order valence-corrected chi connectivity index (χ3v) is 3.64. The Hall–Kier alpha value is -1.16. The van der Waals surface area contributed by atoms with Gasteiger partial charge in [-0.15, -0.1) is 0 Å². The molecule has 1 aromatic rings. The average molecular weight is 235 g/mol. The van der Waals surface area contributed by atoms with E-state index in [1.54, 1.807) is 12.4 Å². The molecule has 4 heteroatoms. The summed E-state index contributed by atoms with van der Waals surface area (Å²) in [7, 11) is 0. The molecular weight excluding hydrogens is 214 g/mol. The van der Waals surface area contributed by atoms with E-state index < -0.39 is 0 Å². The molecule has 0 radical (unpaired) electrons. The summed E-state index contributed by atoms with van der Waals surface area (Å²) in [6.07, 6.45) is 8.42. The van der Waals surface area contributed by atoms with Crippen molar-refractivity contribution in [3.63, 3.8) is 0 Å². The van der Waals surface area contributed by atoms with Gasteiger partial charge in [0, 0.05) is 12.4 Å². The zero-order valence-electron chi connectivity index (χ0n) is 10.4. The fourth-order valence-corrected chi connectivity index (χ4v) is 2.54. The van der Waals surface area contributed by atoms with Crippen LogP contribution in [-0.2, 0) is 0 Å². The van der Waals surface area contributed by atoms with E-state index >= 15 is 0 Å². The molecule has 0 aromatic carbocycles. The molecule has 1 aliphatic rings. The Bertz CT molecular complexity index is 356. The number of aryl methyl sites for hydroxylation is 1.